The summed E-state index contributed by atoms with van der Waals surface area (Å²) in [5.74, 6) is -0.930. The van der Waals surface area contributed by atoms with E-state index in [0.29, 0.717) is 69.7 Å². The number of ether oxygens (including phenoxy) is 3. The van der Waals surface area contributed by atoms with Crippen molar-refractivity contribution < 1.29 is 43.9 Å². The van der Waals surface area contributed by atoms with Crippen LogP contribution in [-0.4, -0.2) is 137 Å². The normalized spacial score (nSPS) is 32.9. The highest BCUT2D eigenvalue weighted by atomic mass is 16.6. The van der Waals surface area contributed by atoms with E-state index in [1.807, 2.05) is 43.8 Å². The van der Waals surface area contributed by atoms with Crippen molar-refractivity contribution >= 4 is 35.5 Å². The first-order valence-electron chi connectivity index (χ1n) is 20.4. The van der Waals surface area contributed by atoms with E-state index in [-0.39, 0.29) is 53.8 Å². The molecule has 58 heavy (non-hydrogen) atoms. The minimum absolute atomic E-state index is 0.0229. The molecule has 3 aliphatic heterocycles. The summed E-state index contributed by atoms with van der Waals surface area (Å²) >= 11 is 0. The Balaban J connectivity index is 1.25. The maximum absolute atomic E-state index is 13.9. The van der Waals surface area contributed by atoms with Crippen LogP contribution >= 0.6 is 0 Å². The molecule has 4 fully saturated rings. The number of cyclic esters (lactones) is 1. The Bertz CT molecular complexity index is 1910. The number of epoxide rings is 1. The van der Waals surface area contributed by atoms with Gasteiger partial charge in [0.1, 0.15) is 17.1 Å². The highest BCUT2D eigenvalue weighted by molar-refractivity contribution is 5.96. The quantitative estimate of drug-likeness (QED) is 0.114. The fraction of sp³-hybridized carbons (Fsp3) is 0.619. The van der Waals surface area contributed by atoms with Crippen LogP contribution in [0.15, 0.2) is 48.0 Å². The fourth-order valence-corrected chi connectivity index (χ4v) is 10.2. The maximum Gasteiger partial charge on any atom is 0.341 e. The van der Waals surface area contributed by atoms with E-state index >= 15 is 0 Å². The predicted molar refractivity (Wildman–Crippen MR) is 215 cm³/mol. The van der Waals surface area contributed by atoms with E-state index in [0.717, 1.165) is 5.69 Å². The zero-order valence-corrected chi connectivity index (χ0v) is 34.3. The smallest absolute Gasteiger partial charge is 0.341 e. The number of aromatic nitrogens is 2. The Morgan fingerprint density at radius 1 is 1.17 bits per heavy atom. The van der Waals surface area contributed by atoms with Crippen LogP contribution in [0, 0.1) is 22.7 Å². The minimum Gasteiger partial charge on any atom is -0.507 e. The molecular formula is C42H59N7O9. The van der Waals surface area contributed by atoms with E-state index in [4.69, 9.17) is 14.2 Å². The second-order valence-electron chi connectivity index (χ2n) is 17.5. The lowest BCUT2D eigenvalue weighted by Crippen LogP contribution is -2.68. The number of benzene rings is 1. The highest BCUT2D eigenvalue weighted by Crippen LogP contribution is 2.66. The van der Waals surface area contributed by atoms with E-state index < -0.39 is 46.6 Å². The summed E-state index contributed by atoms with van der Waals surface area (Å²) in [5.41, 5.74) is -0.524. The molecule has 5 aliphatic rings. The summed E-state index contributed by atoms with van der Waals surface area (Å²) in [6.45, 7) is 9.87. The Morgan fingerprint density at radius 3 is 2.55 bits per heavy atom. The predicted octanol–water partition coefficient (Wildman–Crippen LogP) is 2.15. The lowest BCUT2D eigenvalue weighted by atomic mass is 9.43. The number of phenols is 1. The first kappa shape index (κ1) is 41.8. The van der Waals surface area contributed by atoms with Gasteiger partial charge in [-0.2, -0.15) is 0 Å². The zero-order chi connectivity index (χ0) is 41.6. The molecule has 16 nitrogen and oxygen atoms in total. The molecule has 4 heterocycles. The Labute approximate surface area is 339 Å². The summed E-state index contributed by atoms with van der Waals surface area (Å²) in [5, 5.41) is 43.2. The molecule has 2 aliphatic carbocycles. The molecule has 7 unspecified atom stereocenters. The largest absolute Gasteiger partial charge is 0.507 e. The van der Waals surface area contributed by atoms with Gasteiger partial charge < -0.3 is 49.6 Å². The number of esters is 1. The number of hydrogen-bond acceptors (Lipinski definition) is 13. The Morgan fingerprint density at radius 2 is 1.91 bits per heavy atom. The number of aromatic amines is 1. The molecule has 2 amide bonds. The van der Waals surface area contributed by atoms with Gasteiger partial charge in [0, 0.05) is 74.4 Å². The summed E-state index contributed by atoms with van der Waals surface area (Å²) in [6.07, 6.45) is 7.63. The van der Waals surface area contributed by atoms with Gasteiger partial charge in [0.05, 0.1) is 50.2 Å². The van der Waals surface area contributed by atoms with Gasteiger partial charge >= 0.3 is 5.97 Å². The number of hydrogen-bond donors (Lipinski definition) is 7. The third-order valence-electron chi connectivity index (χ3n) is 13.7. The number of amides is 2. The van der Waals surface area contributed by atoms with Gasteiger partial charge in [0.15, 0.2) is 0 Å². The lowest BCUT2D eigenvalue weighted by molar-refractivity contribution is -0.185. The SMILES string of the molecule is CC(NC(CC1C2(CO2)C(NC(C)C(=O)N2CCOCC2)CC2[C@]1(C)CC[C@@H](O)[C@@]2(C)CO)C1=C/C(=C\c2ccc(N(C)C)cc2O)OC1=O)C(=O)Nc1ncc[nH]1. The molecule has 1 aromatic carbocycles. The number of allylic oxidation sites excluding steroid dienone is 1. The molecule has 0 radical (unpaired) electrons. The van der Waals surface area contributed by atoms with Crippen LogP contribution in [0.25, 0.3) is 6.08 Å². The van der Waals surface area contributed by atoms with Crippen LogP contribution < -0.4 is 20.9 Å². The van der Waals surface area contributed by atoms with Crippen LogP contribution in [0.4, 0.5) is 11.6 Å². The van der Waals surface area contributed by atoms with Gasteiger partial charge in [-0.25, -0.2) is 9.78 Å². The number of imidazole rings is 1. The van der Waals surface area contributed by atoms with Crippen molar-refractivity contribution in [1.29, 1.82) is 0 Å². The fourth-order valence-electron chi connectivity index (χ4n) is 10.2. The molecule has 0 bridgehead atoms. The van der Waals surface area contributed by atoms with Crippen molar-refractivity contribution in [2.45, 2.75) is 89.3 Å². The number of aromatic hydroxyl groups is 1. The van der Waals surface area contributed by atoms with Crippen LogP contribution in [0.1, 0.15) is 58.9 Å². The first-order chi connectivity index (χ1) is 27.6. The number of H-pyrrole nitrogens is 1. The topological polar surface area (TPSA) is 214 Å². The number of aliphatic hydroxyl groups is 2. The van der Waals surface area contributed by atoms with Gasteiger partial charge in [-0.15, -0.1) is 0 Å². The molecule has 1 aromatic heterocycles. The van der Waals surface area contributed by atoms with Crippen molar-refractivity contribution in [3.8, 4) is 5.75 Å². The standard InChI is InChI=1S/C42H59N7O9/c1-24(36(53)47-39-43-11-12-44-39)45-30(29-19-28(58-38(29)55)17-26-7-8-27(48(5)6)18-31(26)51)20-33-40(3)10-9-35(52)41(4,22-50)32(40)21-34(42(33)23-57-42)46-25(2)37(54)49-13-15-56-16-14-49/h7-8,11-12,17-19,24-25,30,32-35,45-46,50-52H,9-10,13-16,20-23H2,1-6H3,(H2,43,44,47,53)/b28-17+/t24?,25?,30?,32?,33?,34?,35-,40+,41+,42?/m1/s1. The number of phenolic OH excluding ortho intramolecular Hbond substituents is 1. The third-order valence-corrected chi connectivity index (χ3v) is 13.7. The van der Waals surface area contributed by atoms with Gasteiger partial charge in [-0.3, -0.25) is 20.2 Å². The number of morpholine rings is 1. The number of carbonyl (C=O) groups is 3. The number of fused-ring (bicyclic) bond motifs is 1. The second kappa shape index (κ2) is 16.4. The molecule has 2 saturated carbocycles. The monoisotopic (exact) mass is 805 g/mol. The van der Waals surface area contributed by atoms with Gasteiger partial charge in [0.2, 0.25) is 17.8 Å². The molecule has 7 rings (SSSR count). The van der Waals surface area contributed by atoms with Gasteiger partial charge in [-0.1, -0.05) is 13.8 Å². The minimum atomic E-state index is -0.857. The number of rotatable bonds is 13. The van der Waals surface area contributed by atoms with Crippen LogP contribution in [0.5, 0.6) is 5.75 Å². The first-order valence-corrected chi connectivity index (χ1v) is 20.4. The Kier molecular flexibility index (Phi) is 11.8. The molecule has 316 valence electrons. The molecule has 16 heteroatoms. The molecular weight excluding hydrogens is 747 g/mol. The number of nitrogens with zero attached hydrogens (tertiary/aromatic N) is 3. The lowest BCUT2D eigenvalue weighted by Gasteiger charge is -2.63. The van der Waals surface area contributed by atoms with E-state index in [2.05, 4.69) is 32.8 Å². The summed E-state index contributed by atoms with van der Waals surface area (Å²) < 4.78 is 17.9. The average Bonchev–Trinajstić information content (AvgIpc) is 3.65. The van der Waals surface area contributed by atoms with Crippen LogP contribution in [0.2, 0.25) is 0 Å². The number of nitrogens with one attached hydrogen (secondary N) is 4. The van der Waals surface area contributed by atoms with Crippen molar-refractivity contribution in [3.63, 3.8) is 0 Å². The molecule has 10 atom stereocenters. The third kappa shape index (κ3) is 7.89. The second-order valence-corrected chi connectivity index (χ2v) is 17.5. The highest BCUT2D eigenvalue weighted by Gasteiger charge is 2.71. The molecule has 1 spiro atoms. The van der Waals surface area contributed by atoms with E-state index in [1.54, 1.807) is 37.4 Å². The summed E-state index contributed by atoms with van der Waals surface area (Å²) in [4.78, 5) is 51.9. The summed E-state index contributed by atoms with van der Waals surface area (Å²) in [6, 6.07) is 2.81. The number of aliphatic hydroxyl groups excluding tert-OH is 2. The molecule has 7 N–H and O–H groups in total. The van der Waals surface area contributed by atoms with Crippen molar-refractivity contribution in [3.05, 3.63) is 53.6 Å². The summed E-state index contributed by atoms with van der Waals surface area (Å²) in [7, 11) is 3.75. The maximum atomic E-state index is 13.9. The van der Waals surface area contributed by atoms with Gasteiger partial charge in [-0.05, 0) is 81.1 Å². The molecule has 2 saturated heterocycles. The van der Waals surface area contributed by atoms with E-state index in [1.165, 1.54) is 6.20 Å². The van der Waals surface area contributed by atoms with Crippen molar-refractivity contribution in [2.24, 2.45) is 22.7 Å². The van der Waals surface area contributed by atoms with Crippen molar-refractivity contribution in [1.82, 2.24) is 25.5 Å². The van der Waals surface area contributed by atoms with Gasteiger partial charge in [0.25, 0.3) is 0 Å². The Hall–Kier alpha value is -4.32. The van der Waals surface area contributed by atoms with Crippen molar-refractivity contribution in [2.75, 3.05) is 63.8 Å². The number of anilines is 2. The van der Waals surface area contributed by atoms with E-state index in [9.17, 15) is 29.7 Å². The van der Waals surface area contributed by atoms with Crippen LogP contribution in [0.3, 0.4) is 0 Å². The average molecular weight is 806 g/mol. The number of carbonyl (C=O) groups excluding carboxylic acids is 3. The zero-order valence-electron chi connectivity index (χ0n) is 34.3. The molecule has 2 aromatic rings. The van der Waals surface area contributed by atoms with Crippen LogP contribution in [-0.2, 0) is 28.6 Å².